The number of benzene rings is 1. The quantitative estimate of drug-likeness (QED) is 0.600. The van der Waals surface area contributed by atoms with E-state index in [-0.39, 0.29) is 0 Å². The lowest BCUT2D eigenvalue weighted by atomic mass is 10.1. The molecule has 0 heterocycles. The molecule has 1 rings (SSSR count). The van der Waals surface area contributed by atoms with Gasteiger partial charge in [-0.15, -0.1) is 0 Å². The Bertz CT molecular complexity index is 357. The fourth-order valence-corrected chi connectivity index (χ4v) is 3.02. The lowest BCUT2D eigenvalue weighted by molar-refractivity contribution is 0.311. The zero-order valence-corrected chi connectivity index (χ0v) is 14.0. The van der Waals surface area contributed by atoms with Gasteiger partial charge in [0.2, 0.25) is 0 Å². The molecule has 0 saturated carbocycles. The summed E-state index contributed by atoms with van der Waals surface area (Å²) in [5.74, 6) is 3.38. The van der Waals surface area contributed by atoms with Gasteiger partial charge in [0.1, 0.15) is 5.75 Å². The average Bonchev–Trinajstić information content (AvgIpc) is 2.49. The van der Waals surface area contributed by atoms with Crippen LogP contribution < -0.4 is 10.1 Å². The Balaban J connectivity index is 2.76. The van der Waals surface area contributed by atoms with Gasteiger partial charge in [-0.1, -0.05) is 39.0 Å². The number of ether oxygens (including phenoxy) is 1. The Hall–Kier alpha value is -0.670. The molecule has 0 aromatic heterocycles. The molecule has 0 aliphatic heterocycles. The minimum atomic E-state index is 0.388. The Kier molecular flexibility index (Phi) is 9.60. The van der Waals surface area contributed by atoms with E-state index in [4.69, 9.17) is 4.74 Å². The van der Waals surface area contributed by atoms with Crippen LogP contribution >= 0.6 is 11.8 Å². The van der Waals surface area contributed by atoms with Crippen molar-refractivity contribution in [3.8, 4) is 5.75 Å². The van der Waals surface area contributed by atoms with E-state index in [2.05, 4.69) is 50.4 Å². The van der Waals surface area contributed by atoms with E-state index in [0.717, 1.165) is 37.5 Å². The predicted molar refractivity (Wildman–Crippen MR) is 90.9 cm³/mol. The molecular formula is C17H29NOS. The molecule has 0 radical (unpaired) electrons. The first kappa shape index (κ1) is 17.4. The first-order valence-corrected chi connectivity index (χ1v) is 9.01. The molecule has 1 unspecified atom stereocenters. The third kappa shape index (κ3) is 6.19. The van der Waals surface area contributed by atoms with Gasteiger partial charge in [0, 0.05) is 17.4 Å². The Morgan fingerprint density at radius 2 is 1.90 bits per heavy atom. The van der Waals surface area contributed by atoms with Crippen LogP contribution in [-0.4, -0.2) is 24.7 Å². The smallest absolute Gasteiger partial charge is 0.124 e. The lowest BCUT2D eigenvalue weighted by Crippen LogP contribution is -2.25. The molecular weight excluding hydrogens is 266 g/mol. The van der Waals surface area contributed by atoms with E-state index in [9.17, 15) is 0 Å². The summed E-state index contributed by atoms with van der Waals surface area (Å²) < 4.78 is 5.90. The van der Waals surface area contributed by atoms with E-state index >= 15 is 0 Å². The highest BCUT2D eigenvalue weighted by atomic mass is 32.2. The number of rotatable bonds is 11. The molecule has 3 heteroatoms. The van der Waals surface area contributed by atoms with Crippen molar-refractivity contribution in [2.45, 2.75) is 46.1 Å². The van der Waals surface area contributed by atoms with Gasteiger partial charge < -0.3 is 10.1 Å². The van der Waals surface area contributed by atoms with Crippen molar-refractivity contribution in [3.05, 3.63) is 29.8 Å². The molecule has 1 N–H and O–H groups in total. The standard InChI is InChI=1S/C17H29NOS/c1-4-11-18-16(14-20-13-6-3)15-9-7-8-10-17(15)19-12-5-2/h7-10,16,18H,4-6,11-14H2,1-3H3. The highest BCUT2D eigenvalue weighted by Gasteiger charge is 2.15. The summed E-state index contributed by atoms with van der Waals surface area (Å²) in [5, 5.41) is 3.66. The van der Waals surface area contributed by atoms with Gasteiger partial charge in [-0.2, -0.15) is 11.8 Å². The summed E-state index contributed by atoms with van der Waals surface area (Å²) in [6.07, 6.45) is 3.44. The number of nitrogens with one attached hydrogen (secondary N) is 1. The van der Waals surface area contributed by atoms with Gasteiger partial charge in [-0.05, 0) is 37.6 Å². The van der Waals surface area contributed by atoms with Gasteiger partial charge in [0.05, 0.1) is 6.61 Å². The summed E-state index contributed by atoms with van der Waals surface area (Å²) in [4.78, 5) is 0. The van der Waals surface area contributed by atoms with Crippen LogP contribution in [0.4, 0.5) is 0 Å². The third-order valence-corrected chi connectivity index (χ3v) is 4.30. The van der Waals surface area contributed by atoms with Crippen LogP contribution in [-0.2, 0) is 0 Å². The first-order valence-electron chi connectivity index (χ1n) is 7.86. The molecule has 1 aromatic rings. The zero-order chi connectivity index (χ0) is 14.6. The Morgan fingerprint density at radius 3 is 2.60 bits per heavy atom. The van der Waals surface area contributed by atoms with Gasteiger partial charge >= 0.3 is 0 Å². The van der Waals surface area contributed by atoms with Crippen molar-refractivity contribution in [2.24, 2.45) is 0 Å². The van der Waals surface area contributed by atoms with Crippen LogP contribution in [0.25, 0.3) is 0 Å². The normalized spacial score (nSPS) is 12.3. The molecule has 1 aromatic carbocycles. The molecule has 0 aliphatic rings. The fourth-order valence-electron chi connectivity index (χ4n) is 2.03. The van der Waals surface area contributed by atoms with Crippen LogP contribution in [0.15, 0.2) is 24.3 Å². The topological polar surface area (TPSA) is 21.3 Å². The molecule has 0 amide bonds. The number of thioether (sulfide) groups is 1. The minimum absolute atomic E-state index is 0.388. The summed E-state index contributed by atoms with van der Waals surface area (Å²) in [6, 6.07) is 8.85. The van der Waals surface area contributed by atoms with E-state index in [1.54, 1.807) is 0 Å². The summed E-state index contributed by atoms with van der Waals surface area (Å²) in [6.45, 7) is 8.44. The second-order valence-corrected chi connectivity index (χ2v) is 6.12. The molecule has 0 spiro atoms. The van der Waals surface area contributed by atoms with Gasteiger partial charge in [0.25, 0.3) is 0 Å². The maximum Gasteiger partial charge on any atom is 0.124 e. The fraction of sp³-hybridized carbons (Fsp3) is 0.647. The van der Waals surface area contributed by atoms with Gasteiger partial charge in [0.15, 0.2) is 0 Å². The first-order chi connectivity index (χ1) is 9.83. The van der Waals surface area contributed by atoms with E-state index in [0.29, 0.717) is 6.04 Å². The third-order valence-electron chi connectivity index (χ3n) is 3.03. The van der Waals surface area contributed by atoms with E-state index in [1.807, 2.05) is 11.8 Å². The highest BCUT2D eigenvalue weighted by molar-refractivity contribution is 7.99. The second kappa shape index (κ2) is 11.0. The van der Waals surface area contributed by atoms with Gasteiger partial charge in [-0.3, -0.25) is 0 Å². The largest absolute Gasteiger partial charge is 0.493 e. The maximum atomic E-state index is 5.90. The van der Waals surface area contributed by atoms with Crippen LogP contribution in [0.3, 0.4) is 0 Å². The summed E-state index contributed by atoms with van der Waals surface area (Å²) in [7, 11) is 0. The Labute approximate surface area is 128 Å². The SMILES string of the molecule is CCCNC(CSCCC)c1ccccc1OCCC. The van der Waals surface area contributed by atoms with Crippen molar-refractivity contribution < 1.29 is 4.74 Å². The molecule has 0 fully saturated rings. The molecule has 1 atom stereocenters. The van der Waals surface area contributed by atoms with Crippen molar-refractivity contribution in [3.63, 3.8) is 0 Å². The predicted octanol–water partition coefficient (Wildman–Crippen LogP) is 4.66. The van der Waals surface area contributed by atoms with E-state index in [1.165, 1.54) is 17.7 Å². The van der Waals surface area contributed by atoms with Crippen LogP contribution in [0, 0.1) is 0 Å². The number of hydrogen-bond acceptors (Lipinski definition) is 3. The molecule has 20 heavy (non-hydrogen) atoms. The highest BCUT2D eigenvalue weighted by Crippen LogP contribution is 2.28. The second-order valence-electron chi connectivity index (χ2n) is 4.97. The molecule has 0 saturated heterocycles. The van der Waals surface area contributed by atoms with Crippen molar-refractivity contribution in [1.82, 2.24) is 5.32 Å². The summed E-state index contributed by atoms with van der Waals surface area (Å²) >= 11 is 2.02. The minimum Gasteiger partial charge on any atom is -0.493 e. The van der Waals surface area contributed by atoms with Crippen molar-refractivity contribution >= 4 is 11.8 Å². The molecule has 0 aliphatic carbocycles. The van der Waals surface area contributed by atoms with Crippen LogP contribution in [0.5, 0.6) is 5.75 Å². The molecule has 114 valence electrons. The average molecular weight is 295 g/mol. The number of para-hydroxylation sites is 1. The lowest BCUT2D eigenvalue weighted by Gasteiger charge is -2.21. The number of hydrogen-bond donors (Lipinski definition) is 1. The molecule has 2 nitrogen and oxygen atoms in total. The zero-order valence-electron chi connectivity index (χ0n) is 13.2. The van der Waals surface area contributed by atoms with Crippen LogP contribution in [0.2, 0.25) is 0 Å². The van der Waals surface area contributed by atoms with Gasteiger partial charge in [-0.25, -0.2) is 0 Å². The van der Waals surface area contributed by atoms with Crippen LogP contribution in [0.1, 0.15) is 51.6 Å². The maximum absolute atomic E-state index is 5.90. The van der Waals surface area contributed by atoms with Crippen molar-refractivity contribution in [1.29, 1.82) is 0 Å². The van der Waals surface area contributed by atoms with Crippen molar-refractivity contribution in [2.75, 3.05) is 24.7 Å². The summed E-state index contributed by atoms with van der Waals surface area (Å²) in [5.41, 5.74) is 1.30. The molecule has 0 bridgehead atoms. The monoisotopic (exact) mass is 295 g/mol. The Morgan fingerprint density at radius 1 is 1.10 bits per heavy atom. The van der Waals surface area contributed by atoms with E-state index < -0.39 is 0 Å².